The van der Waals surface area contributed by atoms with Crippen LogP contribution in [0.25, 0.3) is 0 Å². The van der Waals surface area contributed by atoms with Crippen LogP contribution in [-0.4, -0.2) is 49.6 Å². The monoisotopic (exact) mass is 374 g/mol. The highest BCUT2D eigenvalue weighted by Crippen LogP contribution is 2.18. The van der Waals surface area contributed by atoms with Gasteiger partial charge in [-0.05, 0) is 50.8 Å². The number of nitrogens with zero attached hydrogens (tertiary/aromatic N) is 1. The van der Waals surface area contributed by atoms with E-state index in [1.807, 2.05) is 43.1 Å². The molecule has 0 bridgehead atoms. The number of benzene rings is 1. The molecule has 1 saturated heterocycles. The second-order valence-corrected chi connectivity index (χ2v) is 7.99. The number of hydrogen-bond acceptors (Lipinski definition) is 3. The van der Waals surface area contributed by atoms with Gasteiger partial charge in [0.15, 0.2) is 0 Å². The molecule has 1 heterocycles. The lowest BCUT2D eigenvalue weighted by Crippen LogP contribution is -2.51. The normalized spacial score (nSPS) is 17.8. The topological polar surface area (TPSA) is 73.5 Å². The average Bonchev–Trinajstić information content (AvgIpc) is 3.08. The van der Waals surface area contributed by atoms with Crippen molar-refractivity contribution in [3.63, 3.8) is 0 Å². The standard InChI is InChI=1S/C21H34N4O2/c1-15(2)11-19(20(26)25-10-9-18(14-25)12-22-4)24-21(27)23-13-17-7-5-16(3)6-8-17/h5-8,15,18-19,22H,9-14H2,1-4H3,(H2,23,24,27). The van der Waals surface area contributed by atoms with E-state index in [4.69, 9.17) is 0 Å². The molecule has 1 fully saturated rings. The Morgan fingerprint density at radius 3 is 2.56 bits per heavy atom. The Balaban J connectivity index is 1.89. The van der Waals surface area contributed by atoms with Crippen molar-refractivity contribution < 1.29 is 9.59 Å². The van der Waals surface area contributed by atoms with Gasteiger partial charge in [0, 0.05) is 19.6 Å². The Morgan fingerprint density at radius 1 is 1.22 bits per heavy atom. The zero-order valence-corrected chi connectivity index (χ0v) is 17.0. The number of carbonyl (C=O) groups is 2. The molecule has 1 aromatic rings. The largest absolute Gasteiger partial charge is 0.341 e. The summed E-state index contributed by atoms with van der Waals surface area (Å²) in [6.45, 7) is 9.07. The predicted molar refractivity (Wildman–Crippen MR) is 108 cm³/mol. The summed E-state index contributed by atoms with van der Waals surface area (Å²) in [4.78, 5) is 27.2. The lowest BCUT2D eigenvalue weighted by molar-refractivity contribution is -0.132. The van der Waals surface area contributed by atoms with E-state index < -0.39 is 6.04 Å². The van der Waals surface area contributed by atoms with Gasteiger partial charge in [-0.3, -0.25) is 4.79 Å². The smallest absolute Gasteiger partial charge is 0.315 e. The summed E-state index contributed by atoms with van der Waals surface area (Å²) in [5.41, 5.74) is 2.23. The molecule has 0 saturated carbocycles. The summed E-state index contributed by atoms with van der Waals surface area (Å²) >= 11 is 0. The van der Waals surface area contributed by atoms with Gasteiger partial charge in [-0.15, -0.1) is 0 Å². The Kier molecular flexibility index (Phi) is 8.10. The van der Waals surface area contributed by atoms with Gasteiger partial charge >= 0.3 is 6.03 Å². The van der Waals surface area contributed by atoms with Crippen molar-refractivity contribution in [3.8, 4) is 0 Å². The maximum absolute atomic E-state index is 12.9. The maximum Gasteiger partial charge on any atom is 0.315 e. The summed E-state index contributed by atoms with van der Waals surface area (Å²) in [6.07, 6.45) is 1.66. The molecule has 0 spiro atoms. The first kappa shape index (κ1) is 21.2. The molecule has 2 rings (SSSR count). The fraction of sp³-hybridized carbons (Fsp3) is 0.619. The number of likely N-dealkylation sites (tertiary alicyclic amines) is 1. The Morgan fingerprint density at radius 2 is 1.93 bits per heavy atom. The molecule has 2 atom stereocenters. The molecule has 0 radical (unpaired) electrons. The van der Waals surface area contributed by atoms with Crippen LogP contribution >= 0.6 is 0 Å². The van der Waals surface area contributed by atoms with E-state index in [0.29, 0.717) is 24.8 Å². The minimum absolute atomic E-state index is 0.0350. The third-order valence-corrected chi connectivity index (χ3v) is 4.97. The van der Waals surface area contributed by atoms with Gasteiger partial charge in [-0.25, -0.2) is 4.79 Å². The van der Waals surface area contributed by atoms with E-state index in [1.54, 1.807) is 0 Å². The summed E-state index contributed by atoms with van der Waals surface area (Å²) in [5, 5.41) is 8.94. The highest BCUT2D eigenvalue weighted by atomic mass is 16.2. The van der Waals surface area contributed by atoms with Crippen molar-refractivity contribution in [1.82, 2.24) is 20.9 Å². The van der Waals surface area contributed by atoms with E-state index in [-0.39, 0.29) is 11.9 Å². The first-order valence-electron chi connectivity index (χ1n) is 9.92. The van der Waals surface area contributed by atoms with Gasteiger partial charge in [0.2, 0.25) is 5.91 Å². The van der Waals surface area contributed by atoms with Crippen molar-refractivity contribution in [2.45, 2.75) is 46.2 Å². The van der Waals surface area contributed by atoms with Crippen LogP contribution in [0.15, 0.2) is 24.3 Å². The second-order valence-electron chi connectivity index (χ2n) is 7.99. The fourth-order valence-electron chi connectivity index (χ4n) is 3.50. The molecular formula is C21H34N4O2. The maximum atomic E-state index is 12.9. The number of rotatable bonds is 8. The Bertz CT molecular complexity index is 615. The average molecular weight is 375 g/mol. The van der Waals surface area contributed by atoms with Crippen LogP contribution in [0.5, 0.6) is 0 Å². The molecule has 0 aromatic heterocycles. The van der Waals surface area contributed by atoms with Gasteiger partial charge in [-0.1, -0.05) is 43.7 Å². The molecule has 2 unspecified atom stereocenters. The number of amides is 3. The van der Waals surface area contributed by atoms with Crippen LogP contribution in [0.3, 0.4) is 0 Å². The first-order chi connectivity index (χ1) is 12.9. The number of carbonyl (C=O) groups excluding carboxylic acids is 2. The van der Waals surface area contributed by atoms with Crippen LogP contribution in [0.4, 0.5) is 4.79 Å². The number of hydrogen-bond donors (Lipinski definition) is 3. The molecule has 1 aliphatic heterocycles. The Hall–Kier alpha value is -2.08. The molecule has 150 valence electrons. The molecule has 0 aliphatic carbocycles. The summed E-state index contributed by atoms with van der Waals surface area (Å²) in [7, 11) is 1.94. The van der Waals surface area contributed by atoms with Gasteiger partial charge in [-0.2, -0.15) is 0 Å². The van der Waals surface area contributed by atoms with Gasteiger partial charge in [0.25, 0.3) is 0 Å². The SMILES string of the molecule is CNCC1CCN(C(=O)C(CC(C)C)NC(=O)NCc2ccc(C)cc2)C1. The number of nitrogens with one attached hydrogen (secondary N) is 3. The van der Waals surface area contributed by atoms with E-state index in [0.717, 1.165) is 31.6 Å². The van der Waals surface area contributed by atoms with E-state index in [2.05, 4.69) is 29.8 Å². The highest BCUT2D eigenvalue weighted by molar-refractivity contribution is 5.87. The zero-order chi connectivity index (χ0) is 19.8. The number of aryl methyl sites for hydroxylation is 1. The summed E-state index contributed by atoms with van der Waals surface area (Å²) in [6, 6.07) is 7.28. The van der Waals surface area contributed by atoms with Gasteiger partial charge in [0.05, 0.1) is 0 Å². The molecule has 1 aromatic carbocycles. The van der Waals surface area contributed by atoms with Crippen molar-refractivity contribution >= 4 is 11.9 Å². The molecule has 3 N–H and O–H groups in total. The van der Waals surface area contributed by atoms with Crippen LogP contribution in [-0.2, 0) is 11.3 Å². The summed E-state index contributed by atoms with van der Waals surface area (Å²) < 4.78 is 0. The van der Waals surface area contributed by atoms with Gasteiger partial charge in [0.1, 0.15) is 6.04 Å². The van der Waals surface area contributed by atoms with Crippen molar-refractivity contribution in [3.05, 3.63) is 35.4 Å². The van der Waals surface area contributed by atoms with Crippen LogP contribution in [0, 0.1) is 18.8 Å². The first-order valence-corrected chi connectivity index (χ1v) is 9.92. The quantitative estimate of drug-likeness (QED) is 0.654. The minimum Gasteiger partial charge on any atom is -0.341 e. The van der Waals surface area contributed by atoms with Crippen LogP contribution in [0.2, 0.25) is 0 Å². The number of urea groups is 1. The van der Waals surface area contributed by atoms with Crippen molar-refractivity contribution in [2.24, 2.45) is 11.8 Å². The van der Waals surface area contributed by atoms with Crippen LogP contribution < -0.4 is 16.0 Å². The second kappa shape index (κ2) is 10.3. The fourth-order valence-corrected chi connectivity index (χ4v) is 3.50. The lowest BCUT2D eigenvalue weighted by atomic mass is 10.0. The summed E-state index contributed by atoms with van der Waals surface area (Å²) in [5.74, 6) is 0.855. The van der Waals surface area contributed by atoms with Crippen molar-refractivity contribution in [2.75, 3.05) is 26.7 Å². The van der Waals surface area contributed by atoms with Crippen molar-refractivity contribution in [1.29, 1.82) is 0 Å². The third kappa shape index (κ3) is 6.86. The predicted octanol–water partition coefficient (Wildman–Crippen LogP) is 2.28. The minimum atomic E-state index is -0.476. The molecule has 27 heavy (non-hydrogen) atoms. The highest BCUT2D eigenvalue weighted by Gasteiger charge is 2.31. The van der Waals surface area contributed by atoms with Crippen LogP contribution in [0.1, 0.15) is 37.8 Å². The zero-order valence-electron chi connectivity index (χ0n) is 17.0. The molecule has 1 aliphatic rings. The molecular weight excluding hydrogens is 340 g/mol. The molecule has 3 amide bonds. The lowest BCUT2D eigenvalue weighted by Gasteiger charge is -2.26. The molecule has 6 heteroatoms. The third-order valence-electron chi connectivity index (χ3n) is 4.97. The Labute approximate surface area is 163 Å². The van der Waals surface area contributed by atoms with E-state index >= 15 is 0 Å². The van der Waals surface area contributed by atoms with E-state index in [9.17, 15) is 9.59 Å². The van der Waals surface area contributed by atoms with Gasteiger partial charge < -0.3 is 20.9 Å². The van der Waals surface area contributed by atoms with E-state index in [1.165, 1.54) is 5.56 Å². The molecule has 6 nitrogen and oxygen atoms in total.